The zero-order chi connectivity index (χ0) is 26.9. The molecule has 2 heterocycles. The highest BCUT2D eigenvalue weighted by Crippen LogP contribution is 2.33. The number of alkyl halides is 5. The third kappa shape index (κ3) is 5.84. The van der Waals surface area contributed by atoms with Gasteiger partial charge in [0.05, 0.1) is 11.1 Å². The van der Waals surface area contributed by atoms with E-state index in [-0.39, 0.29) is 29.4 Å². The number of anilines is 1. The molecule has 1 N–H and O–H groups in total. The average molecular weight is 516 g/mol. The summed E-state index contributed by atoms with van der Waals surface area (Å²) in [5, 5.41) is 3.10. The SMILES string of the molecule is CC(C)C(=O)Cc1cnc(C(F)F)c(C(=O)Nc2ccc3oc(-c4ccc(C(F)(F)F)cc4)cc3c2)c1. The summed E-state index contributed by atoms with van der Waals surface area (Å²) < 4.78 is 71.2. The van der Waals surface area contributed by atoms with Crippen LogP contribution in [0.2, 0.25) is 0 Å². The minimum Gasteiger partial charge on any atom is -0.456 e. The average Bonchev–Trinajstić information content (AvgIpc) is 3.26. The van der Waals surface area contributed by atoms with Gasteiger partial charge in [0.1, 0.15) is 22.8 Å². The molecular formula is C27H21F5N2O3. The molecule has 0 saturated heterocycles. The van der Waals surface area contributed by atoms with Crippen LogP contribution in [0.15, 0.2) is 65.2 Å². The van der Waals surface area contributed by atoms with E-state index in [2.05, 4.69) is 10.3 Å². The molecule has 4 rings (SSSR count). The molecule has 0 atom stereocenters. The molecule has 37 heavy (non-hydrogen) atoms. The van der Waals surface area contributed by atoms with Gasteiger partial charge in [0, 0.05) is 35.2 Å². The Bertz CT molecular complexity index is 1460. The molecule has 1 amide bonds. The van der Waals surface area contributed by atoms with E-state index < -0.39 is 29.8 Å². The normalized spacial score (nSPS) is 11.9. The van der Waals surface area contributed by atoms with E-state index in [4.69, 9.17) is 4.42 Å². The Morgan fingerprint density at radius 2 is 1.70 bits per heavy atom. The number of halogens is 5. The molecule has 0 aliphatic heterocycles. The fourth-order valence-electron chi connectivity index (χ4n) is 3.66. The van der Waals surface area contributed by atoms with Gasteiger partial charge in [-0.1, -0.05) is 26.0 Å². The predicted molar refractivity (Wildman–Crippen MR) is 127 cm³/mol. The molecule has 5 nitrogen and oxygen atoms in total. The molecule has 0 aliphatic carbocycles. The molecule has 0 aliphatic rings. The van der Waals surface area contributed by atoms with Crippen molar-refractivity contribution < 1.29 is 36.0 Å². The van der Waals surface area contributed by atoms with Gasteiger partial charge >= 0.3 is 6.18 Å². The van der Waals surface area contributed by atoms with Crippen LogP contribution in [0, 0.1) is 5.92 Å². The van der Waals surface area contributed by atoms with Crippen LogP contribution < -0.4 is 5.32 Å². The van der Waals surface area contributed by atoms with Gasteiger partial charge in [-0.3, -0.25) is 14.6 Å². The summed E-state index contributed by atoms with van der Waals surface area (Å²) in [7, 11) is 0. The highest BCUT2D eigenvalue weighted by molar-refractivity contribution is 6.06. The first-order valence-corrected chi connectivity index (χ1v) is 11.2. The lowest BCUT2D eigenvalue weighted by molar-refractivity contribution is -0.137. The second-order valence-corrected chi connectivity index (χ2v) is 8.77. The maximum Gasteiger partial charge on any atom is 0.416 e. The number of nitrogens with one attached hydrogen (secondary N) is 1. The summed E-state index contributed by atoms with van der Waals surface area (Å²) in [5.41, 5.74) is -0.366. The number of rotatable bonds is 7. The predicted octanol–water partition coefficient (Wildman–Crippen LogP) is 7.47. The van der Waals surface area contributed by atoms with Crippen LogP contribution in [-0.2, 0) is 17.4 Å². The molecule has 0 spiro atoms. The van der Waals surface area contributed by atoms with Gasteiger partial charge in [-0.15, -0.1) is 0 Å². The minimum absolute atomic E-state index is 0.0395. The van der Waals surface area contributed by atoms with Crippen LogP contribution >= 0.6 is 0 Å². The van der Waals surface area contributed by atoms with Crippen LogP contribution in [0.4, 0.5) is 27.6 Å². The monoisotopic (exact) mass is 516 g/mol. The topological polar surface area (TPSA) is 72.2 Å². The van der Waals surface area contributed by atoms with Crippen LogP contribution in [-0.4, -0.2) is 16.7 Å². The van der Waals surface area contributed by atoms with Gasteiger partial charge in [0.25, 0.3) is 12.3 Å². The number of fused-ring (bicyclic) bond motifs is 1. The number of furan rings is 1. The van der Waals surface area contributed by atoms with E-state index in [0.29, 0.717) is 27.9 Å². The number of carbonyl (C=O) groups excluding carboxylic acids is 2. The smallest absolute Gasteiger partial charge is 0.416 e. The number of nitrogens with zero attached hydrogens (tertiary/aromatic N) is 1. The third-order valence-corrected chi connectivity index (χ3v) is 5.72. The van der Waals surface area contributed by atoms with Gasteiger partial charge in [-0.2, -0.15) is 13.2 Å². The Morgan fingerprint density at radius 1 is 1.00 bits per heavy atom. The molecule has 0 fully saturated rings. The molecule has 2 aromatic heterocycles. The first kappa shape index (κ1) is 26.0. The van der Waals surface area contributed by atoms with Gasteiger partial charge < -0.3 is 9.73 Å². The maximum absolute atomic E-state index is 13.5. The Labute approximate surface area is 208 Å². The highest BCUT2D eigenvalue weighted by Gasteiger charge is 2.30. The van der Waals surface area contributed by atoms with E-state index in [1.807, 2.05) is 0 Å². The number of ketones is 1. The Hall–Kier alpha value is -4.08. The van der Waals surface area contributed by atoms with Crippen molar-refractivity contribution in [1.82, 2.24) is 4.98 Å². The van der Waals surface area contributed by atoms with Crippen molar-refractivity contribution in [2.24, 2.45) is 5.92 Å². The Balaban J connectivity index is 1.58. The second-order valence-electron chi connectivity index (χ2n) is 8.77. The van der Waals surface area contributed by atoms with Crippen molar-refractivity contribution >= 4 is 28.3 Å². The third-order valence-electron chi connectivity index (χ3n) is 5.72. The minimum atomic E-state index is -4.46. The summed E-state index contributed by atoms with van der Waals surface area (Å²) in [4.78, 5) is 28.7. The van der Waals surface area contributed by atoms with E-state index in [9.17, 15) is 31.5 Å². The lowest BCUT2D eigenvalue weighted by atomic mass is 10.0. The Morgan fingerprint density at radius 3 is 2.32 bits per heavy atom. The lowest BCUT2D eigenvalue weighted by Gasteiger charge is -2.11. The quantitative estimate of drug-likeness (QED) is 0.259. The number of hydrogen-bond acceptors (Lipinski definition) is 4. The molecule has 0 saturated carbocycles. The molecular weight excluding hydrogens is 495 g/mol. The molecule has 4 aromatic rings. The van der Waals surface area contributed by atoms with Gasteiger partial charge in [0.2, 0.25) is 0 Å². The molecule has 0 bridgehead atoms. The largest absolute Gasteiger partial charge is 0.456 e. The number of benzene rings is 2. The van der Waals surface area contributed by atoms with Crippen LogP contribution in [0.1, 0.15) is 47.5 Å². The molecule has 0 radical (unpaired) electrons. The van der Waals surface area contributed by atoms with E-state index in [1.54, 1.807) is 32.0 Å². The van der Waals surface area contributed by atoms with Crippen LogP contribution in [0.25, 0.3) is 22.3 Å². The van der Waals surface area contributed by atoms with E-state index >= 15 is 0 Å². The van der Waals surface area contributed by atoms with Crippen molar-refractivity contribution in [3.8, 4) is 11.3 Å². The van der Waals surface area contributed by atoms with Gasteiger partial charge in [-0.05, 0) is 48.0 Å². The standard InChI is InChI=1S/C27H21F5N2O3/c1-14(2)21(35)10-15-9-20(24(25(28)29)33-13-15)26(36)34-19-7-8-22-17(11-19)12-23(37-22)16-3-5-18(6-4-16)27(30,31)32/h3-9,11-14,25H,10H2,1-2H3,(H,34,36). The fourth-order valence-corrected chi connectivity index (χ4v) is 3.66. The number of amides is 1. The van der Waals surface area contributed by atoms with Crippen molar-refractivity contribution in [3.05, 3.63) is 83.2 Å². The number of hydrogen-bond donors (Lipinski definition) is 1. The summed E-state index contributed by atoms with van der Waals surface area (Å²) in [6.07, 6.45) is -6.33. The van der Waals surface area contributed by atoms with Crippen molar-refractivity contribution in [2.45, 2.75) is 32.9 Å². The maximum atomic E-state index is 13.5. The van der Waals surface area contributed by atoms with E-state index in [0.717, 1.165) is 12.1 Å². The van der Waals surface area contributed by atoms with Crippen molar-refractivity contribution in [2.75, 3.05) is 5.32 Å². The van der Waals surface area contributed by atoms with Crippen molar-refractivity contribution in [3.63, 3.8) is 0 Å². The molecule has 0 unspecified atom stereocenters. The van der Waals surface area contributed by atoms with Gasteiger partial charge in [-0.25, -0.2) is 8.78 Å². The number of pyridine rings is 1. The molecule has 10 heteroatoms. The van der Waals surface area contributed by atoms with Crippen LogP contribution in [0.3, 0.4) is 0 Å². The zero-order valence-electron chi connectivity index (χ0n) is 19.7. The molecule has 192 valence electrons. The van der Waals surface area contributed by atoms with Gasteiger partial charge in [0.15, 0.2) is 0 Å². The summed E-state index contributed by atoms with van der Waals surface area (Å²) >= 11 is 0. The lowest BCUT2D eigenvalue weighted by Crippen LogP contribution is -2.17. The summed E-state index contributed by atoms with van der Waals surface area (Å²) in [5.74, 6) is -0.889. The second kappa shape index (κ2) is 10.1. The number of aromatic nitrogens is 1. The summed E-state index contributed by atoms with van der Waals surface area (Å²) in [6, 6.07) is 11.9. The van der Waals surface area contributed by atoms with E-state index in [1.165, 1.54) is 30.5 Å². The first-order valence-electron chi connectivity index (χ1n) is 11.2. The van der Waals surface area contributed by atoms with Crippen LogP contribution in [0.5, 0.6) is 0 Å². The fraction of sp³-hybridized carbons (Fsp3) is 0.222. The first-order chi connectivity index (χ1) is 17.4. The highest BCUT2D eigenvalue weighted by atomic mass is 19.4. The molecule has 2 aromatic carbocycles. The summed E-state index contributed by atoms with van der Waals surface area (Å²) in [6.45, 7) is 3.43. The Kier molecular flexibility index (Phi) is 7.11. The van der Waals surface area contributed by atoms with Crippen molar-refractivity contribution in [1.29, 1.82) is 0 Å². The zero-order valence-corrected chi connectivity index (χ0v) is 19.7. The number of Topliss-reactive ketones (excluding diaryl/α,β-unsaturated/α-hetero) is 1. The number of carbonyl (C=O) groups is 2.